The number of rotatable bonds is 9. The number of carbonyl (C=O) groups excluding carboxylic acids is 2. The molecular weight excluding hydrogens is 492 g/mol. The highest BCUT2D eigenvalue weighted by Crippen LogP contribution is 2.24. The summed E-state index contributed by atoms with van der Waals surface area (Å²) < 4.78 is 16.4. The van der Waals surface area contributed by atoms with Crippen LogP contribution in [0.25, 0.3) is 0 Å². The van der Waals surface area contributed by atoms with Gasteiger partial charge in [0.2, 0.25) is 0 Å². The van der Waals surface area contributed by atoms with Crippen molar-refractivity contribution in [3.63, 3.8) is 0 Å². The van der Waals surface area contributed by atoms with E-state index in [2.05, 4.69) is 4.90 Å². The van der Waals surface area contributed by atoms with Gasteiger partial charge in [-0.25, -0.2) is 4.79 Å². The summed E-state index contributed by atoms with van der Waals surface area (Å²) in [7, 11) is 2.96. The van der Waals surface area contributed by atoms with E-state index in [1.54, 1.807) is 25.3 Å². The third-order valence-corrected chi connectivity index (χ3v) is 6.72. The molecule has 1 saturated heterocycles. The first kappa shape index (κ1) is 26.7. The van der Waals surface area contributed by atoms with Crippen LogP contribution in [0.3, 0.4) is 0 Å². The Morgan fingerprint density at radius 3 is 2.24 bits per heavy atom. The fourth-order valence-corrected chi connectivity index (χ4v) is 4.42. The molecule has 0 bridgehead atoms. The summed E-state index contributed by atoms with van der Waals surface area (Å²) in [6, 6.07) is 22.2. The van der Waals surface area contributed by atoms with Crippen LogP contribution in [0.4, 0.5) is 0 Å². The molecule has 0 aliphatic carbocycles. The number of hydrogen-bond acceptors (Lipinski definition) is 6. The molecule has 3 aromatic rings. The molecule has 4 rings (SSSR count). The first-order valence-corrected chi connectivity index (χ1v) is 12.5. The van der Waals surface area contributed by atoms with E-state index in [4.69, 9.17) is 25.8 Å². The van der Waals surface area contributed by atoms with E-state index in [0.29, 0.717) is 48.1 Å². The lowest BCUT2D eigenvalue weighted by Gasteiger charge is -2.36. The molecule has 0 spiro atoms. The predicted molar refractivity (Wildman–Crippen MR) is 142 cm³/mol. The lowest BCUT2D eigenvalue weighted by Crippen LogP contribution is -2.49. The smallest absolute Gasteiger partial charge is 0.337 e. The maximum absolute atomic E-state index is 13.0. The topological polar surface area (TPSA) is 68.3 Å². The minimum absolute atomic E-state index is 0.0134. The number of benzene rings is 3. The average molecular weight is 523 g/mol. The molecule has 1 unspecified atom stereocenters. The summed E-state index contributed by atoms with van der Waals surface area (Å²) >= 11 is 6.11. The zero-order chi connectivity index (χ0) is 26.2. The quantitative estimate of drug-likeness (QED) is 0.374. The molecular formula is C29H31ClN2O5. The van der Waals surface area contributed by atoms with Crippen LogP contribution in [0.5, 0.6) is 5.75 Å². The molecule has 1 heterocycles. The summed E-state index contributed by atoms with van der Waals surface area (Å²) in [5, 5.41) is 0.672. The number of piperazine rings is 1. The molecule has 0 aromatic heterocycles. The maximum atomic E-state index is 13.0. The lowest BCUT2D eigenvalue weighted by atomic mass is 10.1. The minimum atomic E-state index is -0.365. The number of ether oxygens (including phenoxy) is 3. The van der Waals surface area contributed by atoms with E-state index in [0.717, 1.165) is 24.2 Å². The van der Waals surface area contributed by atoms with Gasteiger partial charge in [-0.05, 0) is 53.6 Å². The molecule has 8 heteroatoms. The molecule has 194 valence electrons. The SMILES string of the molecule is COC(=O)c1ccc(COC(CN2CCN(C(=O)c3cccc(OC)c3)CC2)c2ccc(Cl)cc2)cc1. The summed E-state index contributed by atoms with van der Waals surface area (Å²) in [6.07, 6.45) is -0.182. The number of halogens is 1. The lowest BCUT2D eigenvalue weighted by molar-refractivity contribution is 0.00340. The number of amides is 1. The largest absolute Gasteiger partial charge is 0.497 e. The van der Waals surface area contributed by atoms with Crippen molar-refractivity contribution in [1.82, 2.24) is 9.80 Å². The van der Waals surface area contributed by atoms with E-state index in [1.165, 1.54) is 7.11 Å². The van der Waals surface area contributed by atoms with Crippen LogP contribution in [0.2, 0.25) is 5.02 Å². The Morgan fingerprint density at radius 2 is 1.59 bits per heavy atom. The molecule has 1 atom stereocenters. The maximum Gasteiger partial charge on any atom is 0.337 e. The zero-order valence-electron chi connectivity index (χ0n) is 21.1. The van der Waals surface area contributed by atoms with Gasteiger partial charge in [-0.2, -0.15) is 0 Å². The van der Waals surface area contributed by atoms with E-state index in [1.807, 2.05) is 59.5 Å². The molecule has 3 aromatic carbocycles. The third kappa shape index (κ3) is 7.10. The zero-order valence-corrected chi connectivity index (χ0v) is 21.8. The van der Waals surface area contributed by atoms with Crippen molar-refractivity contribution in [2.75, 3.05) is 46.9 Å². The van der Waals surface area contributed by atoms with Crippen LogP contribution >= 0.6 is 11.6 Å². The van der Waals surface area contributed by atoms with Gasteiger partial charge in [-0.3, -0.25) is 9.69 Å². The molecule has 37 heavy (non-hydrogen) atoms. The number of hydrogen-bond donors (Lipinski definition) is 0. The molecule has 1 aliphatic rings. The van der Waals surface area contributed by atoms with Crippen LogP contribution in [0.1, 0.15) is 37.9 Å². The Morgan fingerprint density at radius 1 is 0.892 bits per heavy atom. The summed E-state index contributed by atoms with van der Waals surface area (Å²) in [6.45, 7) is 3.84. The highest BCUT2D eigenvalue weighted by Gasteiger charge is 2.25. The Labute approximate surface area is 222 Å². The van der Waals surface area contributed by atoms with Gasteiger partial charge in [0.25, 0.3) is 5.91 Å². The van der Waals surface area contributed by atoms with Gasteiger partial charge in [0.15, 0.2) is 0 Å². The second kappa shape index (κ2) is 12.7. The van der Waals surface area contributed by atoms with Gasteiger partial charge in [0.05, 0.1) is 32.5 Å². The van der Waals surface area contributed by atoms with Crippen molar-refractivity contribution >= 4 is 23.5 Å². The van der Waals surface area contributed by atoms with Gasteiger partial charge in [-0.15, -0.1) is 0 Å². The Hall–Kier alpha value is -3.39. The minimum Gasteiger partial charge on any atom is -0.497 e. The van der Waals surface area contributed by atoms with Crippen LogP contribution in [0.15, 0.2) is 72.8 Å². The summed E-state index contributed by atoms with van der Waals surface area (Å²) in [5.41, 5.74) is 3.13. The predicted octanol–water partition coefficient (Wildman–Crippen LogP) is 4.85. The second-order valence-corrected chi connectivity index (χ2v) is 9.30. The average Bonchev–Trinajstić information content (AvgIpc) is 2.95. The second-order valence-electron chi connectivity index (χ2n) is 8.86. The monoisotopic (exact) mass is 522 g/mol. The highest BCUT2D eigenvalue weighted by atomic mass is 35.5. The van der Waals surface area contributed by atoms with Crippen molar-refractivity contribution in [3.05, 3.63) is 100 Å². The van der Waals surface area contributed by atoms with Crippen molar-refractivity contribution in [3.8, 4) is 5.75 Å². The van der Waals surface area contributed by atoms with Crippen molar-refractivity contribution < 1.29 is 23.8 Å². The van der Waals surface area contributed by atoms with Crippen LogP contribution in [0, 0.1) is 0 Å². The van der Waals surface area contributed by atoms with Gasteiger partial charge in [-0.1, -0.05) is 41.9 Å². The van der Waals surface area contributed by atoms with E-state index < -0.39 is 0 Å². The Balaban J connectivity index is 1.38. The van der Waals surface area contributed by atoms with Gasteiger partial charge in [0, 0.05) is 43.3 Å². The molecule has 1 amide bonds. The number of nitrogens with zero attached hydrogens (tertiary/aromatic N) is 2. The van der Waals surface area contributed by atoms with Crippen LogP contribution in [-0.2, 0) is 16.1 Å². The van der Waals surface area contributed by atoms with E-state index >= 15 is 0 Å². The van der Waals surface area contributed by atoms with Crippen LogP contribution < -0.4 is 4.74 Å². The normalized spacial score (nSPS) is 14.7. The van der Waals surface area contributed by atoms with E-state index in [9.17, 15) is 9.59 Å². The molecule has 7 nitrogen and oxygen atoms in total. The third-order valence-electron chi connectivity index (χ3n) is 6.47. The number of esters is 1. The fraction of sp³-hybridized carbons (Fsp3) is 0.310. The van der Waals surface area contributed by atoms with Gasteiger partial charge < -0.3 is 19.1 Å². The van der Waals surface area contributed by atoms with Crippen molar-refractivity contribution in [2.45, 2.75) is 12.7 Å². The molecule has 0 radical (unpaired) electrons. The fourth-order valence-electron chi connectivity index (χ4n) is 4.29. The highest BCUT2D eigenvalue weighted by molar-refractivity contribution is 6.30. The number of methoxy groups -OCH3 is 2. The Kier molecular flexibility index (Phi) is 9.17. The van der Waals surface area contributed by atoms with Gasteiger partial charge >= 0.3 is 5.97 Å². The molecule has 1 fully saturated rings. The Bertz CT molecular complexity index is 1190. The van der Waals surface area contributed by atoms with Crippen LogP contribution in [-0.4, -0.2) is 68.6 Å². The first-order chi connectivity index (χ1) is 18.0. The molecule has 0 saturated carbocycles. The summed E-state index contributed by atoms with van der Waals surface area (Å²) in [5.74, 6) is 0.322. The summed E-state index contributed by atoms with van der Waals surface area (Å²) in [4.78, 5) is 28.9. The molecule has 1 aliphatic heterocycles. The van der Waals surface area contributed by atoms with Crippen molar-refractivity contribution in [2.24, 2.45) is 0 Å². The first-order valence-electron chi connectivity index (χ1n) is 12.2. The molecule has 0 N–H and O–H groups in total. The standard InChI is InChI=1S/C29H31ClN2O5/c1-35-26-5-3-4-24(18-26)28(33)32-16-14-31(15-17-32)19-27(22-10-12-25(30)13-11-22)37-20-21-6-8-23(9-7-21)29(34)36-2/h3-13,18,27H,14-17,19-20H2,1-2H3. The van der Waals surface area contributed by atoms with Crippen molar-refractivity contribution in [1.29, 1.82) is 0 Å². The number of carbonyl (C=O) groups is 2. The van der Waals surface area contributed by atoms with E-state index in [-0.39, 0.29) is 18.0 Å². The van der Waals surface area contributed by atoms with Gasteiger partial charge in [0.1, 0.15) is 5.75 Å².